The Morgan fingerprint density at radius 3 is 1.52 bits per heavy atom. The van der Waals surface area contributed by atoms with E-state index in [1.165, 1.54) is 27.1 Å². The summed E-state index contributed by atoms with van der Waals surface area (Å²) in [6, 6.07) is 0. The predicted molar refractivity (Wildman–Crippen MR) is 180 cm³/mol. The molecule has 2 heterocycles. The lowest BCUT2D eigenvalue weighted by Crippen LogP contribution is -2.59. The van der Waals surface area contributed by atoms with Gasteiger partial charge in [0.1, 0.15) is 42.3 Å². The second-order valence-corrected chi connectivity index (χ2v) is 15.7. The number of aliphatic hydroxyl groups is 6. The molecule has 0 aliphatic carbocycles. The number of rotatable bonds is 2. The minimum Gasteiger partial charge on any atom is -0.510 e. The Morgan fingerprint density at radius 1 is 0.896 bits per heavy atom. The molecule has 0 radical (unpaired) electrons. The summed E-state index contributed by atoms with van der Waals surface area (Å²) in [5, 5.41) is 62.7. The fraction of sp³-hybridized carbons (Fsp3) is 0.848. The SMILES string of the molecule is C.C.C=C(O)[C@H]1OC(OC(=O)C(C)(C)C)[C@H](O)[C@@H](O)[C@@H]1O.CC(C)(C)C(C)(C)O.CC(C)(C)C(O)C(F)(F)F.CC(C)(C)c1ncn[nH]1. The van der Waals surface area contributed by atoms with Crippen molar-refractivity contribution in [2.75, 3.05) is 0 Å². The van der Waals surface area contributed by atoms with Gasteiger partial charge in [0, 0.05) is 5.41 Å². The van der Waals surface area contributed by atoms with Gasteiger partial charge in [0.2, 0.25) is 6.29 Å². The van der Waals surface area contributed by atoms with Crippen molar-refractivity contribution in [1.29, 1.82) is 0 Å². The minimum atomic E-state index is -4.50. The van der Waals surface area contributed by atoms with Gasteiger partial charge in [-0.05, 0) is 45.4 Å². The van der Waals surface area contributed by atoms with E-state index in [2.05, 4.69) is 42.5 Å². The van der Waals surface area contributed by atoms with Crippen molar-refractivity contribution in [2.24, 2.45) is 16.2 Å². The zero-order valence-corrected chi connectivity index (χ0v) is 29.7. The van der Waals surface area contributed by atoms with E-state index < -0.39 is 71.1 Å². The summed E-state index contributed by atoms with van der Waals surface area (Å²) in [5.74, 6) is -0.250. The van der Waals surface area contributed by atoms with Crippen LogP contribution in [0.4, 0.5) is 13.2 Å². The van der Waals surface area contributed by atoms with Crippen LogP contribution in [0.3, 0.4) is 0 Å². The van der Waals surface area contributed by atoms with Gasteiger partial charge < -0.3 is 40.1 Å². The lowest BCUT2D eigenvalue weighted by molar-refractivity contribution is -0.287. The van der Waals surface area contributed by atoms with E-state index in [0.29, 0.717) is 0 Å². The lowest BCUT2D eigenvalue weighted by atomic mass is 9.79. The number of carbonyl (C=O) groups is 1. The predicted octanol–water partition coefficient (Wildman–Crippen LogP) is 5.59. The Labute approximate surface area is 285 Å². The molecule has 7 N–H and O–H groups in total. The first-order valence-electron chi connectivity index (χ1n) is 14.7. The maximum Gasteiger partial charge on any atom is 0.414 e. The highest BCUT2D eigenvalue weighted by Gasteiger charge is 2.47. The van der Waals surface area contributed by atoms with E-state index in [0.717, 1.165) is 5.82 Å². The van der Waals surface area contributed by atoms with Crippen LogP contribution >= 0.6 is 0 Å². The molecule has 1 aromatic heterocycles. The molecule has 288 valence electrons. The monoisotopic (exact) mass is 705 g/mol. The van der Waals surface area contributed by atoms with Crippen LogP contribution in [-0.4, -0.2) is 100 Å². The second kappa shape index (κ2) is 19.2. The number of ether oxygens (including phenoxy) is 2. The van der Waals surface area contributed by atoms with Crippen LogP contribution in [-0.2, 0) is 19.7 Å². The number of alkyl halides is 3. The van der Waals surface area contributed by atoms with E-state index in [-0.39, 0.29) is 25.7 Å². The van der Waals surface area contributed by atoms with Gasteiger partial charge in [-0.3, -0.25) is 9.89 Å². The lowest BCUT2D eigenvalue weighted by Gasteiger charge is -2.39. The van der Waals surface area contributed by atoms with Crippen molar-refractivity contribution in [3.8, 4) is 0 Å². The Bertz CT molecular complexity index is 1020. The molecule has 2 rings (SSSR count). The number of nitrogens with zero attached hydrogens (tertiary/aromatic N) is 2. The molecule has 1 aliphatic rings. The van der Waals surface area contributed by atoms with E-state index in [9.17, 15) is 43.5 Å². The molecule has 0 bridgehead atoms. The third-order valence-electron chi connectivity index (χ3n) is 6.82. The highest BCUT2D eigenvalue weighted by molar-refractivity contribution is 5.75. The fourth-order valence-electron chi connectivity index (χ4n) is 2.56. The van der Waals surface area contributed by atoms with Crippen LogP contribution in [0, 0.1) is 16.2 Å². The van der Waals surface area contributed by atoms with Crippen LogP contribution < -0.4 is 0 Å². The van der Waals surface area contributed by atoms with Gasteiger partial charge >= 0.3 is 12.1 Å². The topological polar surface area (TPSA) is 198 Å². The summed E-state index contributed by atoms with van der Waals surface area (Å²) >= 11 is 0. The number of aliphatic hydroxyl groups excluding tert-OH is 5. The molecule has 1 saturated heterocycles. The largest absolute Gasteiger partial charge is 0.510 e. The molecule has 6 atom stereocenters. The van der Waals surface area contributed by atoms with Gasteiger partial charge in [-0.25, -0.2) is 4.98 Å². The van der Waals surface area contributed by atoms with Gasteiger partial charge in [0.05, 0.1) is 11.0 Å². The first kappa shape index (κ1) is 52.5. The third-order valence-corrected chi connectivity index (χ3v) is 6.82. The molecule has 15 heteroatoms. The fourth-order valence-corrected chi connectivity index (χ4v) is 2.56. The van der Waals surface area contributed by atoms with Crippen LogP contribution in [0.2, 0.25) is 0 Å². The van der Waals surface area contributed by atoms with Crippen molar-refractivity contribution < 1.29 is 58.1 Å². The molecule has 0 spiro atoms. The van der Waals surface area contributed by atoms with Crippen molar-refractivity contribution in [3.63, 3.8) is 0 Å². The number of nitrogens with one attached hydrogen (secondary N) is 1. The molecule has 12 nitrogen and oxygen atoms in total. The number of hydrogen-bond donors (Lipinski definition) is 7. The average molecular weight is 706 g/mol. The molecule has 2 unspecified atom stereocenters. The number of hydrogen-bond acceptors (Lipinski definition) is 11. The summed E-state index contributed by atoms with van der Waals surface area (Å²) < 4.78 is 45.1. The first-order valence-corrected chi connectivity index (χ1v) is 14.7. The van der Waals surface area contributed by atoms with Gasteiger partial charge in [-0.1, -0.05) is 83.7 Å². The molecular weight excluding hydrogens is 639 g/mol. The van der Waals surface area contributed by atoms with Crippen LogP contribution in [0.5, 0.6) is 0 Å². The standard InChI is InChI=1S/C12H20O7.C7H16O.C6H11F3O.C6H11N3.2CH4/c1-5(13)9-7(15)6(14)8(16)10(18-9)19-11(17)12(2,3)4;1-6(2,3)7(4,5)8;1-5(2,3)4(10)6(7,8)9;1-6(2,3)5-7-4-8-9-5;;/h6-10,13-16H,1H2,2-4H3;8H,1-5H3;4,10H,1-3H3;4H,1-3H3,(H,7,8,9);2*1H4/t6-,7-,8+,9+,10?;;;;;/m0...../s1. The number of H-pyrrole nitrogens is 1. The summed E-state index contributed by atoms with van der Waals surface area (Å²) in [7, 11) is 0. The normalized spacial score (nSPS) is 22.3. The van der Waals surface area contributed by atoms with Gasteiger partial charge in [-0.2, -0.15) is 18.3 Å². The first-order chi connectivity index (χ1) is 20.1. The van der Waals surface area contributed by atoms with E-state index in [1.54, 1.807) is 20.8 Å². The smallest absolute Gasteiger partial charge is 0.414 e. The molecule has 1 fully saturated rings. The average Bonchev–Trinajstić information content (AvgIpc) is 3.38. The quantitative estimate of drug-likeness (QED) is 0.150. The van der Waals surface area contributed by atoms with E-state index in [4.69, 9.17) is 14.6 Å². The third kappa shape index (κ3) is 18.5. The highest BCUT2D eigenvalue weighted by Crippen LogP contribution is 2.33. The molecule has 48 heavy (non-hydrogen) atoms. The molecule has 1 aliphatic heterocycles. The maximum atomic E-state index is 11.7. The Morgan fingerprint density at radius 2 is 1.31 bits per heavy atom. The van der Waals surface area contributed by atoms with Gasteiger partial charge in [0.25, 0.3) is 0 Å². The van der Waals surface area contributed by atoms with E-state index in [1.807, 2.05) is 34.6 Å². The van der Waals surface area contributed by atoms with Crippen LogP contribution in [0.1, 0.15) is 118 Å². The zero-order valence-electron chi connectivity index (χ0n) is 29.7. The zero-order chi connectivity index (χ0) is 37.4. The van der Waals surface area contributed by atoms with Crippen molar-refractivity contribution >= 4 is 5.97 Å². The van der Waals surface area contributed by atoms with E-state index >= 15 is 0 Å². The van der Waals surface area contributed by atoms with Crippen molar-refractivity contribution in [3.05, 3.63) is 24.5 Å². The highest BCUT2D eigenvalue weighted by atomic mass is 19.4. The summed E-state index contributed by atoms with van der Waals surface area (Å²) in [4.78, 5) is 15.7. The van der Waals surface area contributed by atoms with Crippen LogP contribution in [0.15, 0.2) is 18.7 Å². The summed E-state index contributed by atoms with van der Waals surface area (Å²) in [5.41, 5.74) is -2.43. The van der Waals surface area contributed by atoms with Gasteiger partial charge in [-0.15, -0.1) is 0 Å². The van der Waals surface area contributed by atoms with Crippen LogP contribution in [0.25, 0.3) is 0 Å². The summed E-state index contributed by atoms with van der Waals surface area (Å²) in [6.07, 6.45) is -12.8. The van der Waals surface area contributed by atoms with Crippen molar-refractivity contribution in [2.45, 2.75) is 166 Å². The number of esters is 1. The van der Waals surface area contributed by atoms with Gasteiger partial charge in [0.15, 0.2) is 6.10 Å². The number of halogens is 3. The maximum absolute atomic E-state index is 11.7. The second-order valence-electron chi connectivity index (χ2n) is 15.7. The molecule has 0 aromatic carbocycles. The molecule has 1 aromatic rings. The Balaban J connectivity index is -0.000000286. The number of aromatic amines is 1. The molecular formula is C33H66F3N3O9. The molecule has 0 amide bonds. The number of carbonyl (C=O) groups excluding carboxylic acids is 1. The number of aromatic nitrogens is 3. The summed E-state index contributed by atoms with van der Waals surface area (Å²) in [6.45, 7) is 28.0. The molecule has 0 saturated carbocycles. The Kier molecular flexibility index (Phi) is 21.0. The minimum absolute atomic E-state index is 0. The van der Waals surface area contributed by atoms with Crippen molar-refractivity contribution in [1.82, 2.24) is 15.2 Å². The Hall–Kier alpha value is -2.30.